The van der Waals surface area contributed by atoms with Gasteiger partial charge in [0.1, 0.15) is 23.6 Å². The SMILES string of the molecule is Cc1cc(CN2CCC(N(c3cc(C(F)(F)F)ncn3)C3CC3)CC2)no1. The molecule has 27 heavy (non-hydrogen) atoms. The molecule has 2 aliphatic rings. The predicted octanol–water partition coefficient (Wildman–Crippen LogP) is 3.43. The lowest BCUT2D eigenvalue weighted by Gasteiger charge is -2.39. The molecule has 2 aromatic rings. The molecule has 1 aliphatic heterocycles. The van der Waals surface area contributed by atoms with E-state index in [-0.39, 0.29) is 12.1 Å². The van der Waals surface area contributed by atoms with Gasteiger partial charge in [-0.15, -0.1) is 0 Å². The number of hydrogen-bond donors (Lipinski definition) is 0. The maximum absolute atomic E-state index is 13.0. The highest BCUT2D eigenvalue weighted by molar-refractivity contribution is 5.44. The van der Waals surface area contributed by atoms with Gasteiger partial charge in [-0.2, -0.15) is 13.2 Å². The number of likely N-dealkylation sites (tertiary alicyclic amines) is 1. The third kappa shape index (κ3) is 4.23. The molecule has 0 atom stereocenters. The van der Waals surface area contributed by atoms with Crippen LogP contribution in [0.25, 0.3) is 0 Å². The number of rotatable bonds is 5. The molecule has 0 unspecified atom stereocenters. The van der Waals surface area contributed by atoms with Crippen LogP contribution in [0, 0.1) is 6.92 Å². The van der Waals surface area contributed by atoms with E-state index in [2.05, 4.69) is 24.9 Å². The summed E-state index contributed by atoms with van der Waals surface area (Å²) < 4.78 is 44.2. The van der Waals surface area contributed by atoms with E-state index >= 15 is 0 Å². The van der Waals surface area contributed by atoms with Crippen molar-refractivity contribution in [3.8, 4) is 0 Å². The topological polar surface area (TPSA) is 58.3 Å². The lowest BCUT2D eigenvalue weighted by Crippen LogP contribution is -2.46. The average molecular weight is 381 g/mol. The number of aryl methyl sites for hydroxylation is 1. The number of anilines is 1. The molecule has 1 saturated carbocycles. The number of aromatic nitrogens is 3. The van der Waals surface area contributed by atoms with Crippen molar-refractivity contribution in [2.75, 3.05) is 18.0 Å². The lowest BCUT2D eigenvalue weighted by atomic mass is 10.0. The van der Waals surface area contributed by atoms with Gasteiger partial charge in [-0.1, -0.05) is 5.16 Å². The van der Waals surface area contributed by atoms with E-state index in [4.69, 9.17) is 4.52 Å². The minimum absolute atomic E-state index is 0.198. The van der Waals surface area contributed by atoms with E-state index < -0.39 is 11.9 Å². The summed E-state index contributed by atoms with van der Waals surface area (Å²) in [6.45, 7) is 4.35. The minimum atomic E-state index is -4.45. The number of nitrogens with zero attached hydrogens (tertiary/aromatic N) is 5. The molecule has 0 spiro atoms. The van der Waals surface area contributed by atoms with Crippen LogP contribution in [-0.4, -0.2) is 45.2 Å². The number of hydrogen-bond acceptors (Lipinski definition) is 6. The first-order valence-corrected chi connectivity index (χ1v) is 9.22. The van der Waals surface area contributed by atoms with Crippen LogP contribution in [0.3, 0.4) is 0 Å². The Kier molecular flexibility index (Phi) is 4.79. The zero-order chi connectivity index (χ0) is 19.0. The van der Waals surface area contributed by atoms with Gasteiger partial charge >= 0.3 is 6.18 Å². The predicted molar refractivity (Wildman–Crippen MR) is 92.1 cm³/mol. The zero-order valence-corrected chi connectivity index (χ0v) is 15.1. The molecule has 0 radical (unpaired) electrons. The van der Waals surface area contributed by atoms with Crippen molar-refractivity contribution in [3.05, 3.63) is 35.6 Å². The van der Waals surface area contributed by atoms with Crippen molar-refractivity contribution in [2.24, 2.45) is 0 Å². The van der Waals surface area contributed by atoms with Gasteiger partial charge in [0.05, 0.1) is 5.69 Å². The molecule has 6 nitrogen and oxygen atoms in total. The normalized spacial score (nSPS) is 19.4. The van der Waals surface area contributed by atoms with Gasteiger partial charge in [-0.25, -0.2) is 9.97 Å². The molecular formula is C18H22F3N5O. The summed E-state index contributed by atoms with van der Waals surface area (Å²) in [6, 6.07) is 3.50. The fourth-order valence-corrected chi connectivity index (χ4v) is 3.75. The van der Waals surface area contributed by atoms with E-state index in [0.29, 0.717) is 5.82 Å². The summed E-state index contributed by atoms with van der Waals surface area (Å²) in [5.41, 5.74) is 0.0348. The second-order valence-electron chi connectivity index (χ2n) is 7.33. The van der Waals surface area contributed by atoms with Gasteiger partial charge in [0, 0.05) is 43.9 Å². The third-order valence-electron chi connectivity index (χ3n) is 5.16. The highest BCUT2D eigenvalue weighted by atomic mass is 19.4. The number of alkyl halides is 3. The molecule has 1 aliphatic carbocycles. The molecule has 1 saturated heterocycles. The van der Waals surface area contributed by atoms with Crippen LogP contribution in [0.2, 0.25) is 0 Å². The standard InChI is InChI=1S/C18H22F3N5O/c1-12-8-13(24-27-12)10-25-6-4-15(5-7-25)26(14-2-3-14)17-9-16(18(19,20)21)22-11-23-17/h8-9,11,14-15H,2-7,10H2,1H3. The molecule has 9 heteroatoms. The highest BCUT2D eigenvalue weighted by Crippen LogP contribution is 2.37. The Balaban J connectivity index is 1.44. The van der Waals surface area contributed by atoms with E-state index in [1.807, 2.05) is 13.0 Å². The molecule has 146 valence electrons. The van der Waals surface area contributed by atoms with Gasteiger partial charge < -0.3 is 9.42 Å². The highest BCUT2D eigenvalue weighted by Gasteiger charge is 2.38. The van der Waals surface area contributed by atoms with Crippen molar-refractivity contribution in [1.82, 2.24) is 20.0 Å². The summed E-state index contributed by atoms with van der Waals surface area (Å²) in [7, 11) is 0. The van der Waals surface area contributed by atoms with Gasteiger partial charge in [0.25, 0.3) is 0 Å². The molecule has 0 bridgehead atoms. The molecule has 0 amide bonds. The van der Waals surface area contributed by atoms with E-state index in [1.54, 1.807) is 0 Å². The molecular weight excluding hydrogens is 359 g/mol. The van der Waals surface area contributed by atoms with Crippen LogP contribution in [-0.2, 0) is 12.7 Å². The molecule has 4 rings (SSSR count). The Labute approximate surface area is 155 Å². The van der Waals surface area contributed by atoms with Crippen molar-refractivity contribution < 1.29 is 17.7 Å². The summed E-state index contributed by atoms with van der Waals surface area (Å²) >= 11 is 0. The van der Waals surface area contributed by atoms with Crippen LogP contribution in [0.5, 0.6) is 0 Å². The van der Waals surface area contributed by atoms with Crippen LogP contribution in [0.4, 0.5) is 19.0 Å². The maximum Gasteiger partial charge on any atom is 0.433 e. The summed E-state index contributed by atoms with van der Waals surface area (Å²) in [5.74, 6) is 1.19. The fourth-order valence-electron chi connectivity index (χ4n) is 3.75. The average Bonchev–Trinajstić information content (AvgIpc) is 3.38. The number of piperidine rings is 1. The van der Waals surface area contributed by atoms with Gasteiger partial charge in [0.2, 0.25) is 0 Å². The number of halogens is 3. The first-order valence-electron chi connectivity index (χ1n) is 9.22. The first-order chi connectivity index (χ1) is 12.9. The molecule has 0 aromatic carbocycles. The smallest absolute Gasteiger partial charge is 0.361 e. The van der Waals surface area contributed by atoms with Crippen LogP contribution >= 0.6 is 0 Å². The van der Waals surface area contributed by atoms with E-state index in [9.17, 15) is 13.2 Å². The van der Waals surface area contributed by atoms with Gasteiger partial charge in [0.15, 0.2) is 0 Å². The lowest BCUT2D eigenvalue weighted by molar-refractivity contribution is -0.141. The van der Waals surface area contributed by atoms with Gasteiger partial charge in [-0.3, -0.25) is 4.90 Å². The van der Waals surface area contributed by atoms with Crippen LogP contribution < -0.4 is 4.90 Å². The Bertz CT molecular complexity index is 781. The monoisotopic (exact) mass is 381 g/mol. The quantitative estimate of drug-likeness (QED) is 0.791. The van der Waals surface area contributed by atoms with Gasteiger partial charge in [-0.05, 0) is 32.6 Å². The van der Waals surface area contributed by atoms with Crippen molar-refractivity contribution in [3.63, 3.8) is 0 Å². The largest absolute Gasteiger partial charge is 0.433 e. The second-order valence-corrected chi connectivity index (χ2v) is 7.33. The Morgan fingerprint density at radius 2 is 1.81 bits per heavy atom. The van der Waals surface area contributed by atoms with E-state index in [0.717, 1.165) is 69.2 Å². The first kappa shape index (κ1) is 18.2. The van der Waals surface area contributed by atoms with Crippen molar-refractivity contribution in [2.45, 2.75) is 57.4 Å². The molecule has 0 N–H and O–H groups in total. The Morgan fingerprint density at radius 3 is 2.41 bits per heavy atom. The second kappa shape index (κ2) is 7.10. The Hall–Kier alpha value is -2.16. The molecule has 2 fully saturated rings. The zero-order valence-electron chi connectivity index (χ0n) is 15.1. The van der Waals surface area contributed by atoms with E-state index in [1.165, 1.54) is 0 Å². The summed E-state index contributed by atoms with van der Waals surface area (Å²) in [4.78, 5) is 11.9. The van der Waals surface area contributed by atoms with Crippen molar-refractivity contribution in [1.29, 1.82) is 0 Å². The fraction of sp³-hybridized carbons (Fsp3) is 0.611. The summed E-state index contributed by atoms with van der Waals surface area (Å²) in [5, 5.41) is 4.03. The maximum atomic E-state index is 13.0. The van der Waals surface area contributed by atoms with Crippen LogP contribution in [0.15, 0.2) is 23.0 Å². The van der Waals surface area contributed by atoms with Crippen molar-refractivity contribution >= 4 is 5.82 Å². The Morgan fingerprint density at radius 1 is 1.11 bits per heavy atom. The van der Waals surface area contributed by atoms with Crippen LogP contribution in [0.1, 0.15) is 42.8 Å². The minimum Gasteiger partial charge on any atom is -0.361 e. The summed E-state index contributed by atoms with van der Waals surface area (Å²) in [6.07, 6.45) is 0.354. The third-order valence-corrected chi connectivity index (χ3v) is 5.16. The molecule has 2 aromatic heterocycles. The molecule has 3 heterocycles.